The highest BCUT2D eigenvalue weighted by Crippen LogP contribution is 2.19. The lowest BCUT2D eigenvalue weighted by Gasteiger charge is -2.06. The van der Waals surface area contributed by atoms with E-state index in [1.54, 1.807) is 6.20 Å². The molecular weight excluding hydrogens is 280 g/mol. The molecule has 2 aromatic heterocycles. The van der Waals surface area contributed by atoms with Crippen molar-refractivity contribution in [2.45, 2.75) is 26.4 Å². The monoisotopic (exact) mass is 294 g/mol. The van der Waals surface area contributed by atoms with Crippen LogP contribution < -0.4 is 5.32 Å². The summed E-state index contributed by atoms with van der Waals surface area (Å²) in [4.78, 5) is 4.16. The maximum Gasteiger partial charge on any atom is 0.129 e. The Labute approximate surface area is 109 Å². The fourth-order valence-electron chi connectivity index (χ4n) is 1.47. The predicted molar refractivity (Wildman–Crippen MR) is 71.9 cm³/mol. The molecule has 0 atom stereocenters. The van der Waals surface area contributed by atoms with E-state index in [4.69, 9.17) is 0 Å². The number of aromatic nitrogens is 3. The minimum Gasteiger partial charge on any atom is -0.379 e. The maximum atomic E-state index is 4.30. The highest BCUT2D eigenvalue weighted by Gasteiger charge is 2.03. The molecule has 0 unspecified atom stereocenters. The molecule has 2 heterocycles. The van der Waals surface area contributed by atoms with Crippen LogP contribution in [0.1, 0.15) is 25.5 Å². The SMILES string of the molecule is CC(C)n1cc(CNc2cccnc2Br)cn1. The van der Waals surface area contributed by atoms with Crippen LogP contribution in [-0.4, -0.2) is 14.8 Å². The van der Waals surface area contributed by atoms with E-state index < -0.39 is 0 Å². The first kappa shape index (κ1) is 12.1. The highest BCUT2D eigenvalue weighted by molar-refractivity contribution is 9.10. The maximum absolute atomic E-state index is 4.30. The van der Waals surface area contributed by atoms with Crippen molar-refractivity contribution in [1.29, 1.82) is 0 Å². The average Bonchev–Trinajstić information content (AvgIpc) is 2.77. The van der Waals surface area contributed by atoms with Crippen molar-refractivity contribution >= 4 is 21.6 Å². The number of rotatable bonds is 4. The molecule has 17 heavy (non-hydrogen) atoms. The molecule has 4 nitrogen and oxygen atoms in total. The normalized spacial score (nSPS) is 10.8. The van der Waals surface area contributed by atoms with E-state index in [1.165, 1.54) is 0 Å². The summed E-state index contributed by atoms with van der Waals surface area (Å²) < 4.78 is 2.78. The third-order valence-corrected chi connectivity index (χ3v) is 3.06. The molecule has 2 aromatic rings. The molecule has 0 amide bonds. The fraction of sp³-hybridized carbons (Fsp3) is 0.333. The minimum absolute atomic E-state index is 0.397. The summed E-state index contributed by atoms with van der Waals surface area (Å²) >= 11 is 3.40. The van der Waals surface area contributed by atoms with Gasteiger partial charge in [0, 0.05) is 30.5 Å². The number of anilines is 1. The zero-order valence-electron chi connectivity index (χ0n) is 9.89. The second kappa shape index (κ2) is 5.31. The quantitative estimate of drug-likeness (QED) is 0.881. The molecule has 0 fully saturated rings. The van der Waals surface area contributed by atoms with Gasteiger partial charge in [0.1, 0.15) is 4.60 Å². The number of hydrogen-bond acceptors (Lipinski definition) is 3. The number of halogens is 1. The van der Waals surface area contributed by atoms with Gasteiger partial charge in [-0.15, -0.1) is 0 Å². The second-order valence-electron chi connectivity index (χ2n) is 4.12. The molecule has 0 aliphatic rings. The first-order chi connectivity index (χ1) is 8.16. The van der Waals surface area contributed by atoms with Gasteiger partial charge in [-0.1, -0.05) is 0 Å². The lowest BCUT2D eigenvalue weighted by atomic mass is 10.3. The van der Waals surface area contributed by atoms with Gasteiger partial charge in [0.25, 0.3) is 0 Å². The lowest BCUT2D eigenvalue weighted by Crippen LogP contribution is -2.01. The van der Waals surface area contributed by atoms with Crippen LogP contribution in [0.15, 0.2) is 35.3 Å². The van der Waals surface area contributed by atoms with E-state index in [1.807, 2.05) is 23.0 Å². The number of pyridine rings is 1. The van der Waals surface area contributed by atoms with E-state index in [0.29, 0.717) is 6.04 Å². The van der Waals surface area contributed by atoms with Gasteiger partial charge in [0.15, 0.2) is 0 Å². The standard InChI is InChI=1S/C12H15BrN4/c1-9(2)17-8-10(7-16-17)6-15-11-4-3-5-14-12(11)13/h3-5,7-9,15H,6H2,1-2H3. The Morgan fingerprint density at radius 1 is 1.47 bits per heavy atom. The summed E-state index contributed by atoms with van der Waals surface area (Å²) in [5.41, 5.74) is 2.15. The summed E-state index contributed by atoms with van der Waals surface area (Å²) in [5.74, 6) is 0. The van der Waals surface area contributed by atoms with Crippen LogP contribution in [-0.2, 0) is 6.54 Å². The summed E-state index contributed by atoms with van der Waals surface area (Å²) in [6.07, 6.45) is 5.70. The fourth-order valence-corrected chi connectivity index (χ4v) is 1.86. The lowest BCUT2D eigenvalue weighted by molar-refractivity contribution is 0.532. The smallest absolute Gasteiger partial charge is 0.129 e. The van der Waals surface area contributed by atoms with Crippen molar-refractivity contribution < 1.29 is 0 Å². The molecule has 0 spiro atoms. The first-order valence-corrected chi connectivity index (χ1v) is 6.33. The number of hydrogen-bond donors (Lipinski definition) is 1. The van der Waals surface area contributed by atoms with Gasteiger partial charge in [0.05, 0.1) is 11.9 Å². The van der Waals surface area contributed by atoms with Crippen LogP contribution in [0.4, 0.5) is 5.69 Å². The van der Waals surface area contributed by atoms with Crippen LogP contribution in [0.2, 0.25) is 0 Å². The zero-order valence-corrected chi connectivity index (χ0v) is 11.5. The van der Waals surface area contributed by atoms with Gasteiger partial charge in [-0.25, -0.2) is 4.98 Å². The van der Waals surface area contributed by atoms with Crippen molar-refractivity contribution in [1.82, 2.24) is 14.8 Å². The number of nitrogens with zero attached hydrogens (tertiary/aromatic N) is 3. The molecule has 0 saturated heterocycles. The van der Waals surface area contributed by atoms with E-state index in [2.05, 4.69) is 51.4 Å². The van der Waals surface area contributed by atoms with Gasteiger partial charge in [-0.2, -0.15) is 5.10 Å². The van der Waals surface area contributed by atoms with E-state index in [-0.39, 0.29) is 0 Å². The Balaban J connectivity index is 2.00. The third-order valence-electron chi connectivity index (χ3n) is 2.43. The summed E-state index contributed by atoms with van der Waals surface area (Å²) in [6.45, 7) is 4.97. The highest BCUT2D eigenvalue weighted by atomic mass is 79.9. The Bertz CT molecular complexity index is 493. The van der Waals surface area contributed by atoms with Gasteiger partial charge in [0.2, 0.25) is 0 Å². The third kappa shape index (κ3) is 3.06. The van der Waals surface area contributed by atoms with Crippen LogP contribution in [0.25, 0.3) is 0 Å². The zero-order chi connectivity index (χ0) is 12.3. The molecule has 0 aliphatic carbocycles. The van der Waals surface area contributed by atoms with E-state index in [9.17, 15) is 0 Å². The summed E-state index contributed by atoms with van der Waals surface area (Å²) in [6, 6.07) is 4.29. The molecule has 5 heteroatoms. The Morgan fingerprint density at radius 2 is 2.29 bits per heavy atom. The van der Waals surface area contributed by atoms with Crippen molar-refractivity contribution in [2.75, 3.05) is 5.32 Å². The van der Waals surface area contributed by atoms with Crippen LogP contribution >= 0.6 is 15.9 Å². The molecule has 0 saturated carbocycles. The summed E-state index contributed by atoms with van der Waals surface area (Å²) in [5, 5.41) is 7.62. The molecular formula is C12H15BrN4. The molecule has 0 aromatic carbocycles. The molecule has 1 N–H and O–H groups in total. The second-order valence-corrected chi connectivity index (χ2v) is 4.87. The minimum atomic E-state index is 0.397. The van der Waals surface area contributed by atoms with E-state index >= 15 is 0 Å². The van der Waals surface area contributed by atoms with Gasteiger partial charge in [-0.3, -0.25) is 4.68 Å². The predicted octanol–water partition coefficient (Wildman–Crippen LogP) is 3.23. The molecule has 2 rings (SSSR count). The largest absolute Gasteiger partial charge is 0.379 e. The molecule has 0 radical (unpaired) electrons. The Kier molecular flexibility index (Phi) is 3.78. The first-order valence-electron chi connectivity index (χ1n) is 5.54. The topological polar surface area (TPSA) is 42.7 Å². The van der Waals surface area contributed by atoms with E-state index in [0.717, 1.165) is 22.4 Å². The van der Waals surface area contributed by atoms with Crippen molar-refractivity contribution in [3.05, 3.63) is 40.9 Å². The van der Waals surface area contributed by atoms with Gasteiger partial charge < -0.3 is 5.32 Å². The van der Waals surface area contributed by atoms with Crippen LogP contribution in [0, 0.1) is 0 Å². The molecule has 0 aliphatic heterocycles. The van der Waals surface area contributed by atoms with Crippen LogP contribution in [0.5, 0.6) is 0 Å². The molecule has 0 bridgehead atoms. The van der Waals surface area contributed by atoms with Crippen LogP contribution in [0.3, 0.4) is 0 Å². The van der Waals surface area contributed by atoms with Gasteiger partial charge in [-0.05, 0) is 41.9 Å². The Hall–Kier alpha value is -1.36. The van der Waals surface area contributed by atoms with Gasteiger partial charge >= 0.3 is 0 Å². The Morgan fingerprint density at radius 3 is 2.94 bits per heavy atom. The van der Waals surface area contributed by atoms with Crippen molar-refractivity contribution in [3.63, 3.8) is 0 Å². The van der Waals surface area contributed by atoms with Crippen molar-refractivity contribution in [2.24, 2.45) is 0 Å². The average molecular weight is 295 g/mol. The molecule has 90 valence electrons. The van der Waals surface area contributed by atoms with Crippen molar-refractivity contribution in [3.8, 4) is 0 Å². The number of nitrogens with one attached hydrogen (secondary N) is 1. The summed E-state index contributed by atoms with van der Waals surface area (Å²) in [7, 11) is 0.